The highest BCUT2D eigenvalue weighted by molar-refractivity contribution is 6.43. The molecular weight excluding hydrogens is 254 g/mol. The fourth-order valence-electron chi connectivity index (χ4n) is 2.37. The smallest absolute Gasteiger partial charge is 0.361 e. The third kappa shape index (κ3) is 3.59. The lowest BCUT2D eigenvalue weighted by molar-refractivity contribution is -0.135. The first-order valence-electron chi connectivity index (χ1n) is 7.13. The van der Waals surface area contributed by atoms with Crippen molar-refractivity contribution in [3.05, 3.63) is 35.9 Å². The SMILES string of the molecule is CCOC(=O)/C(=N/OC1(C)CCCC1)c1ccccc1. The van der Waals surface area contributed by atoms with E-state index in [0.717, 1.165) is 25.7 Å². The molecule has 0 saturated heterocycles. The topological polar surface area (TPSA) is 47.9 Å². The molecular formula is C16H21NO3. The second-order valence-electron chi connectivity index (χ2n) is 5.27. The minimum absolute atomic E-state index is 0.237. The molecule has 0 amide bonds. The number of hydrogen-bond donors (Lipinski definition) is 0. The van der Waals surface area contributed by atoms with Crippen molar-refractivity contribution in [2.45, 2.75) is 45.1 Å². The summed E-state index contributed by atoms with van der Waals surface area (Å²) >= 11 is 0. The zero-order valence-electron chi connectivity index (χ0n) is 12.1. The molecule has 0 atom stereocenters. The van der Waals surface area contributed by atoms with E-state index < -0.39 is 5.97 Å². The summed E-state index contributed by atoms with van der Waals surface area (Å²) in [7, 11) is 0. The van der Waals surface area contributed by atoms with Crippen molar-refractivity contribution in [2.75, 3.05) is 6.61 Å². The van der Waals surface area contributed by atoms with Crippen molar-refractivity contribution in [3.63, 3.8) is 0 Å². The standard InChI is InChI=1S/C16H21NO3/c1-3-19-15(18)14(13-9-5-4-6-10-13)17-20-16(2)11-7-8-12-16/h4-6,9-10H,3,7-8,11-12H2,1-2H3/b17-14+. The van der Waals surface area contributed by atoms with E-state index in [4.69, 9.17) is 9.57 Å². The molecule has 0 bridgehead atoms. The number of rotatable bonds is 5. The first-order chi connectivity index (χ1) is 9.64. The summed E-state index contributed by atoms with van der Waals surface area (Å²) in [5, 5.41) is 4.11. The van der Waals surface area contributed by atoms with Gasteiger partial charge in [-0.3, -0.25) is 0 Å². The summed E-state index contributed by atoms with van der Waals surface area (Å²) < 4.78 is 5.06. The van der Waals surface area contributed by atoms with Crippen LogP contribution in [0.2, 0.25) is 0 Å². The summed E-state index contributed by atoms with van der Waals surface area (Å²) in [6.45, 7) is 4.14. The van der Waals surface area contributed by atoms with Crippen LogP contribution >= 0.6 is 0 Å². The first-order valence-corrected chi connectivity index (χ1v) is 7.13. The van der Waals surface area contributed by atoms with Crippen molar-refractivity contribution in [2.24, 2.45) is 5.16 Å². The molecule has 0 aliphatic heterocycles. The highest BCUT2D eigenvalue weighted by Crippen LogP contribution is 2.32. The summed E-state index contributed by atoms with van der Waals surface area (Å²) in [6, 6.07) is 9.28. The number of esters is 1. The third-order valence-corrected chi connectivity index (χ3v) is 3.53. The van der Waals surface area contributed by atoms with Gasteiger partial charge in [0.25, 0.3) is 0 Å². The van der Waals surface area contributed by atoms with E-state index in [0.29, 0.717) is 12.2 Å². The quantitative estimate of drug-likeness (QED) is 0.470. The molecule has 1 fully saturated rings. The van der Waals surface area contributed by atoms with Crippen LogP contribution in [0.1, 0.15) is 45.1 Å². The molecule has 0 heterocycles. The Morgan fingerprint density at radius 1 is 1.25 bits per heavy atom. The van der Waals surface area contributed by atoms with Crippen LogP contribution < -0.4 is 0 Å². The number of benzene rings is 1. The Morgan fingerprint density at radius 3 is 2.50 bits per heavy atom. The van der Waals surface area contributed by atoms with E-state index >= 15 is 0 Å². The van der Waals surface area contributed by atoms with Gasteiger partial charge in [0, 0.05) is 5.56 Å². The van der Waals surface area contributed by atoms with Crippen LogP contribution in [0.4, 0.5) is 0 Å². The lowest BCUT2D eigenvalue weighted by Crippen LogP contribution is -2.25. The Kier molecular flexibility index (Phi) is 4.77. The van der Waals surface area contributed by atoms with E-state index in [9.17, 15) is 4.79 Å². The van der Waals surface area contributed by atoms with Crippen molar-refractivity contribution in [1.82, 2.24) is 0 Å². The van der Waals surface area contributed by atoms with Gasteiger partial charge in [0.1, 0.15) is 5.60 Å². The zero-order chi connectivity index (χ0) is 14.4. The largest absolute Gasteiger partial charge is 0.461 e. The zero-order valence-corrected chi connectivity index (χ0v) is 12.1. The van der Waals surface area contributed by atoms with Crippen LogP contribution in [0, 0.1) is 0 Å². The molecule has 0 spiro atoms. The fourth-order valence-corrected chi connectivity index (χ4v) is 2.37. The molecule has 108 valence electrons. The predicted octanol–water partition coefficient (Wildman–Crippen LogP) is 3.30. The van der Waals surface area contributed by atoms with Gasteiger partial charge in [-0.1, -0.05) is 35.5 Å². The van der Waals surface area contributed by atoms with Crippen molar-refractivity contribution < 1.29 is 14.4 Å². The maximum Gasteiger partial charge on any atom is 0.361 e. The molecule has 20 heavy (non-hydrogen) atoms. The maximum absolute atomic E-state index is 12.0. The summed E-state index contributed by atoms with van der Waals surface area (Å²) in [6.07, 6.45) is 4.24. The van der Waals surface area contributed by atoms with Crippen molar-refractivity contribution in [3.8, 4) is 0 Å². The number of carbonyl (C=O) groups is 1. The summed E-state index contributed by atoms with van der Waals surface area (Å²) in [4.78, 5) is 17.7. The van der Waals surface area contributed by atoms with E-state index in [1.54, 1.807) is 6.92 Å². The molecule has 0 aromatic heterocycles. The lowest BCUT2D eigenvalue weighted by Gasteiger charge is -2.21. The van der Waals surface area contributed by atoms with E-state index in [-0.39, 0.29) is 11.3 Å². The molecule has 1 aliphatic carbocycles. The van der Waals surface area contributed by atoms with E-state index in [1.807, 2.05) is 37.3 Å². The number of hydrogen-bond acceptors (Lipinski definition) is 4. The number of oxime groups is 1. The van der Waals surface area contributed by atoms with Gasteiger partial charge in [0.2, 0.25) is 0 Å². The Morgan fingerprint density at radius 2 is 1.90 bits per heavy atom. The molecule has 4 heteroatoms. The second-order valence-corrected chi connectivity index (χ2v) is 5.27. The Balaban J connectivity index is 2.20. The molecule has 1 saturated carbocycles. The monoisotopic (exact) mass is 275 g/mol. The highest BCUT2D eigenvalue weighted by Gasteiger charge is 2.31. The first kappa shape index (κ1) is 14.6. The van der Waals surface area contributed by atoms with Gasteiger partial charge in [-0.15, -0.1) is 0 Å². The molecule has 2 rings (SSSR count). The van der Waals surface area contributed by atoms with Gasteiger partial charge in [0.05, 0.1) is 6.61 Å². The second kappa shape index (κ2) is 6.55. The average molecular weight is 275 g/mol. The third-order valence-electron chi connectivity index (χ3n) is 3.53. The molecule has 4 nitrogen and oxygen atoms in total. The van der Waals surface area contributed by atoms with Crippen molar-refractivity contribution in [1.29, 1.82) is 0 Å². The van der Waals surface area contributed by atoms with Gasteiger partial charge in [-0.05, 0) is 39.5 Å². The van der Waals surface area contributed by atoms with Gasteiger partial charge in [-0.25, -0.2) is 4.79 Å². The number of nitrogens with zero attached hydrogens (tertiary/aromatic N) is 1. The molecule has 0 unspecified atom stereocenters. The predicted molar refractivity (Wildman–Crippen MR) is 77.6 cm³/mol. The Hall–Kier alpha value is -1.84. The van der Waals surface area contributed by atoms with Gasteiger partial charge in [-0.2, -0.15) is 0 Å². The maximum atomic E-state index is 12.0. The fraction of sp³-hybridized carbons (Fsp3) is 0.500. The van der Waals surface area contributed by atoms with Crippen LogP contribution in [0.25, 0.3) is 0 Å². The number of ether oxygens (including phenoxy) is 1. The van der Waals surface area contributed by atoms with Gasteiger partial charge in [0.15, 0.2) is 5.71 Å². The summed E-state index contributed by atoms with van der Waals surface area (Å²) in [5.41, 5.74) is 0.695. The Labute approximate surface area is 119 Å². The molecule has 0 radical (unpaired) electrons. The van der Waals surface area contributed by atoms with Gasteiger partial charge < -0.3 is 9.57 Å². The number of carbonyl (C=O) groups excluding carboxylic acids is 1. The van der Waals surface area contributed by atoms with Crippen LogP contribution in [0.15, 0.2) is 35.5 Å². The van der Waals surface area contributed by atoms with Crippen molar-refractivity contribution >= 4 is 11.7 Å². The minimum Gasteiger partial charge on any atom is -0.461 e. The minimum atomic E-state index is -0.444. The van der Waals surface area contributed by atoms with Gasteiger partial charge >= 0.3 is 5.97 Å². The lowest BCUT2D eigenvalue weighted by atomic mass is 10.1. The van der Waals surface area contributed by atoms with Crippen LogP contribution in [-0.2, 0) is 14.4 Å². The normalized spacial score (nSPS) is 17.8. The van der Waals surface area contributed by atoms with Crippen LogP contribution in [0.3, 0.4) is 0 Å². The highest BCUT2D eigenvalue weighted by atomic mass is 16.7. The molecule has 1 aromatic rings. The summed E-state index contributed by atoms with van der Waals surface area (Å²) in [5.74, 6) is -0.444. The molecule has 0 N–H and O–H groups in total. The van der Waals surface area contributed by atoms with Crippen LogP contribution in [-0.4, -0.2) is 23.9 Å². The average Bonchev–Trinajstić information content (AvgIpc) is 2.88. The van der Waals surface area contributed by atoms with Crippen LogP contribution in [0.5, 0.6) is 0 Å². The molecule has 1 aromatic carbocycles. The Bertz CT molecular complexity index is 476. The van der Waals surface area contributed by atoms with E-state index in [1.165, 1.54) is 0 Å². The molecule has 1 aliphatic rings. The van der Waals surface area contributed by atoms with E-state index in [2.05, 4.69) is 5.16 Å².